The summed E-state index contributed by atoms with van der Waals surface area (Å²) in [5.74, 6) is 0. The number of pyridine rings is 1. The minimum absolute atomic E-state index is 0.750. The first-order valence-electron chi connectivity index (χ1n) is 7.10. The molecular formula is C17H9N5S. The van der Waals surface area contributed by atoms with Crippen molar-refractivity contribution in [3.63, 3.8) is 0 Å². The average molecular weight is 315 g/mol. The maximum absolute atomic E-state index is 4.77. The summed E-state index contributed by atoms with van der Waals surface area (Å²) in [6, 6.07) is 10.1. The largest absolute Gasteiger partial charge is 0.254 e. The molecule has 1 aromatic carbocycles. The summed E-state index contributed by atoms with van der Waals surface area (Å²) in [4.78, 5) is 24.2. The lowest BCUT2D eigenvalue weighted by Crippen LogP contribution is -1.91. The number of hydrogen-bond donors (Lipinski definition) is 0. The summed E-state index contributed by atoms with van der Waals surface area (Å²) in [5.41, 5.74) is 3.16. The molecule has 4 heterocycles. The number of fused-ring (bicyclic) bond motifs is 4. The lowest BCUT2D eigenvalue weighted by atomic mass is 10.1. The first-order chi connectivity index (χ1) is 11.4. The first-order valence-corrected chi connectivity index (χ1v) is 7.92. The molecule has 0 radical (unpaired) electrons. The standard InChI is InChI=1S/C17H9N5S/c1-2-4-11-10(3-1)5-6-18-13(11)12-9-21-17-15(22-12)14-16(23-17)20-8-7-19-14/h1-9H. The van der Waals surface area contributed by atoms with Gasteiger partial charge in [-0.05, 0) is 11.5 Å². The highest BCUT2D eigenvalue weighted by molar-refractivity contribution is 7.24. The second-order valence-corrected chi connectivity index (χ2v) is 6.08. The van der Waals surface area contributed by atoms with E-state index in [-0.39, 0.29) is 0 Å². The van der Waals surface area contributed by atoms with Gasteiger partial charge < -0.3 is 0 Å². The van der Waals surface area contributed by atoms with Gasteiger partial charge in [0.1, 0.15) is 26.4 Å². The van der Waals surface area contributed by atoms with Gasteiger partial charge in [0.2, 0.25) is 0 Å². The second kappa shape index (κ2) is 4.76. The topological polar surface area (TPSA) is 64.5 Å². The minimum atomic E-state index is 0.750. The fourth-order valence-electron chi connectivity index (χ4n) is 2.70. The van der Waals surface area contributed by atoms with Crippen LogP contribution < -0.4 is 0 Å². The summed E-state index contributed by atoms with van der Waals surface area (Å²) in [6.07, 6.45) is 6.94. The van der Waals surface area contributed by atoms with Crippen LogP contribution in [-0.4, -0.2) is 24.9 Å². The third kappa shape index (κ3) is 1.89. The first kappa shape index (κ1) is 12.5. The summed E-state index contributed by atoms with van der Waals surface area (Å²) < 4.78 is 0. The molecule has 0 aliphatic heterocycles. The van der Waals surface area contributed by atoms with E-state index >= 15 is 0 Å². The van der Waals surface area contributed by atoms with Gasteiger partial charge in [-0.25, -0.2) is 19.9 Å². The van der Waals surface area contributed by atoms with E-state index in [1.807, 2.05) is 18.2 Å². The van der Waals surface area contributed by atoms with Crippen LogP contribution in [-0.2, 0) is 0 Å². The van der Waals surface area contributed by atoms with Crippen LogP contribution in [0.4, 0.5) is 0 Å². The van der Waals surface area contributed by atoms with E-state index in [0.717, 1.165) is 42.9 Å². The molecule has 6 heteroatoms. The van der Waals surface area contributed by atoms with Crippen LogP contribution in [0, 0.1) is 0 Å². The number of thiophene rings is 1. The van der Waals surface area contributed by atoms with Crippen LogP contribution in [0.1, 0.15) is 0 Å². The number of nitrogens with zero attached hydrogens (tertiary/aromatic N) is 5. The molecule has 0 bridgehead atoms. The smallest absolute Gasteiger partial charge is 0.146 e. The molecule has 0 saturated heterocycles. The van der Waals surface area contributed by atoms with Gasteiger partial charge in [-0.1, -0.05) is 35.6 Å². The molecule has 5 rings (SSSR count). The fourth-order valence-corrected chi connectivity index (χ4v) is 3.59. The van der Waals surface area contributed by atoms with E-state index in [4.69, 9.17) is 4.98 Å². The van der Waals surface area contributed by atoms with Crippen molar-refractivity contribution in [2.75, 3.05) is 0 Å². The van der Waals surface area contributed by atoms with Crippen LogP contribution in [0.15, 0.2) is 55.1 Å². The normalized spacial score (nSPS) is 11.5. The molecule has 0 aliphatic carbocycles. The second-order valence-electron chi connectivity index (χ2n) is 5.10. The quantitative estimate of drug-likeness (QED) is 0.470. The molecule has 4 aromatic heterocycles. The Hall–Kier alpha value is -2.99. The highest BCUT2D eigenvalue weighted by atomic mass is 32.1. The van der Waals surface area contributed by atoms with Gasteiger partial charge in [0.25, 0.3) is 0 Å². The number of rotatable bonds is 1. The summed E-state index contributed by atoms with van der Waals surface area (Å²) >= 11 is 1.50. The Morgan fingerprint density at radius 1 is 0.739 bits per heavy atom. The molecule has 0 spiro atoms. The Morgan fingerprint density at radius 2 is 1.61 bits per heavy atom. The lowest BCUT2D eigenvalue weighted by molar-refractivity contribution is 1.25. The predicted octanol–water partition coefficient (Wildman–Crippen LogP) is 3.85. The summed E-state index contributed by atoms with van der Waals surface area (Å²) in [7, 11) is 0. The fraction of sp³-hybridized carbons (Fsp3) is 0. The third-order valence-electron chi connectivity index (χ3n) is 3.74. The van der Waals surface area contributed by atoms with E-state index in [2.05, 4.69) is 32.1 Å². The van der Waals surface area contributed by atoms with Crippen molar-refractivity contribution in [3.8, 4) is 11.4 Å². The summed E-state index contributed by atoms with van der Waals surface area (Å²) in [6.45, 7) is 0. The maximum Gasteiger partial charge on any atom is 0.146 e. The van der Waals surface area contributed by atoms with Crippen molar-refractivity contribution in [3.05, 3.63) is 55.1 Å². The van der Waals surface area contributed by atoms with Gasteiger partial charge in [-0.15, -0.1) is 0 Å². The van der Waals surface area contributed by atoms with Gasteiger partial charge in [-0.2, -0.15) is 0 Å². The molecule has 0 N–H and O–H groups in total. The Labute approximate surface area is 134 Å². The molecule has 0 amide bonds. The molecule has 0 atom stereocenters. The SMILES string of the molecule is c1ccc2c(-c3cnc4sc5nccnc5c4n3)nccc2c1. The molecule has 108 valence electrons. The monoisotopic (exact) mass is 315 g/mol. The molecule has 23 heavy (non-hydrogen) atoms. The Kier molecular flexibility index (Phi) is 2.59. The highest BCUT2D eigenvalue weighted by Gasteiger charge is 2.13. The van der Waals surface area contributed by atoms with Gasteiger partial charge in [0, 0.05) is 24.0 Å². The molecule has 0 aliphatic rings. The van der Waals surface area contributed by atoms with Crippen molar-refractivity contribution < 1.29 is 0 Å². The van der Waals surface area contributed by atoms with Crippen molar-refractivity contribution in [1.82, 2.24) is 24.9 Å². The van der Waals surface area contributed by atoms with Crippen LogP contribution in [0.3, 0.4) is 0 Å². The van der Waals surface area contributed by atoms with E-state index in [1.54, 1.807) is 24.8 Å². The van der Waals surface area contributed by atoms with Crippen LogP contribution in [0.5, 0.6) is 0 Å². The molecule has 0 saturated carbocycles. The van der Waals surface area contributed by atoms with Crippen LogP contribution in [0.25, 0.3) is 42.9 Å². The summed E-state index contributed by atoms with van der Waals surface area (Å²) in [5, 5.41) is 2.20. The Bertz CT molecular complexity index is 1180. The van der Waals surface area contributed by atoms with Crippen molar-refractivity contribution in [2.45, 2.75) is 0 Å². The predicted molar refractivity (Wildman–Crippen MR) is 91.2 cm³/mol. The number of benzene rings is 1. The van der Waals surface area contributed by atoms with Crippen LogP contribution in [0.2, 0.25) is 0 Å². The van der Waals surface area contributed by atoms with Crippen molar-refractivity contribution in [1.29, 1.82) is 0 Å². The van der Waals surface area contributed by atoms with Gasteiger partial charge in [0.15, 0.2) is 0 Å². The molecule has 0 unspecified atom stereocenters. The van der Waals surface area contributed by atoms with Crippen molar-refractivity contribution in [2.24, 2.45) is 0 Å². The van der Waals surface area contributed by atoms with E-state index in [9.17, 15) is 0 Å². The highest BCUT2D eigenvalue weighted by Crippen LogP contribution is 2.31. The third-order valence-corrected chi connectivity index (χ3v) is 4.72. The van der Waals surface area contributed by atoms with E-state index < -0.39 is 0 Å². The molecule has 5 aromatic rings. The van der Waals surface area contributed by atoms with Crippen LogP contribution >= 0.6 is 11.3 Å². The number of hydrogen-bond acceptors (Lipinski definition) is 6. The molecule has 5 nitrogen and oxygen atoms in total. The van der Waals surface area contributed by atoms with Gasteiger partial charge in [-0.3, -0.25) is 4.98 Å². The van der Waals surface area contributed by atoms with E-state index in [1.165, 1.54) is 11.3 Å². The molecular weight excluding hydrogens is 306 g/mol. The molecule has 0 fully saturated rings. The van der Waals surface area contributed by atoms with Gasteiger partial charge >= 0.3 is 0 Å². The zero-order chi connectivity index (χ0) is 15.2. The van der Waals surface area contributed by atoms with Crippen molar-refractivity contribution >= 4 is 42.8 Å². The Morgan fingerprint density at radius 3 is 2.61 bits per heavy atom. The Balaban J connectivity index is 1.84. The zero-order valence-electron chi connectivity index (χ0n) is 11.8. The minimum Gasteiger partial charge on any atom is -0.254 e. The lowest BCUT2D eigenvalue weighted by Gasteiger charge is -2.04. The van der Waals surface area contributed by atoms with Gasteiger partial charge in [0.05, 0.1) is 11.9 Å². The van der Waals surface area contributed by atoms with E-state index in [0.29, 0.717) is 0 Å². The number of aromatic nitrogens is 5. The zero-order valence-corrected chi connectivity index (χ0v) is 12.7. The maximum atomic E-state index is 4.77. The average Bonchev–Trinajstić information content (AvgIpc) is 2.99.